The zero-order valence-corrected chi connectivity index (χ0v) is 20.4. The normalized spacial score (nSPS) is 33.8. The summed E-state index contributed by atoms with van der Waals surface area (Å²) in [5.41, 5.74) is 5.53. The Morgan fingerprint density at radius 2 is 1.85 bits per heavy atom. The van der Waals surface area contributed by atoms with Crippen LogP contribution in [0.1, 0.15) is 76.7 Å². The molecule has 0 amide bonds. The Hall–Kier alpha value is -2.51. The first-order chi connectivity index (χ1) is 16.5. The van der Waals surface area contributed by atoms with E-state index in [4.69, 9.17) is 9.47 Å². The van der Waals surface area contributed by atoms with Crippen molar-refractivity contribution in [2.45, 2.75) is 77.2 Å². The lowest BCUT2D eigenvalue weighted by atomic mass is 9.53. The molecule has 1 heterocycles. The van der Waals surface area contributed by atoms with Crippen LogP contribution in [0.2, 0.25) is 0 Å². The van der Waals surface area contributed by atoms with Crippen molar-refractivity contribution in [1.29, 1.82) is 0 Å². The Morgan fingerprint density at radius 1 is 1.09 bits per heavy atom. The molecule has 0 saturated heterocycles. The first-order valence-corrected chi connectivity index (χ1v) is 12.9. The van der Waals surface area contributed by atoms with Gasteiger partial charge in [-0.05, 0) is 97.6 Å². The van der Waals surface area contributed by atoms with E-state index >= 15 is 0 Å². The van der Waals surface area contributed by atoms with Crippen molar-refractivity contribution >= 4 is 5.78 Å². The highest BCUT2D eigenvalue weighted by atomic mass is 16.5. The van der Waals surface area contributed by atoms with Crippen molar-refractivity contribution < 1.29 is 19.4 Å². The van der Waals surface area contributed by atoms with E-state index in [2.05, 4.69) is 37.5 Å². The standard InChI is InChI=1S/C27H32O4.C3H4/c1-27-15-21(17-4-9-23-24(14-17)31-12-2-11-30-23)26-19-7-5-18(28)13-16(19)3-6-20(26)22(27)8-10-25(27)29;1-3-2/h4,9,13-14,20-22,25,29H,2-3,5-8,10-12,15H2,1H3;1H,2H3. The Kier molecular flexibility index (Phi) is 6.34. The number of carbonyl (C=O) groups excluding carboxylic acids is 1. The highest BCUT2D eigenvalue weighted by Gasteiger charge is 2.56. The van der Waals surface area contributed by atoms with Crippen LogP contribution in [-0.4, -0.2) is 30.2 Å². The number of benzene rings is 1. The average Bonchev–Trinajstić information content (AvgIpc) is 2.98. The molecule has 5 atom stereocenters. The molecule has 0 bridgehead atoms. The van der Waals surface area contributed by atoms with Gasteiger partial charge in [-0.2, -0.15) is 0 Å². The summed E-state index contributed by atoms with van der Waals surface area (Å²) in [7, 11) is 0. The van der Waals surface area contributed by atoms with Crippen LogP contribution in [-0.2, 0) is 4.79 Å². The number of aliphatic hydroxyl groups is 1. The predicted octanol–water partition coefficient (Wildman–Crippen LogP) is 5.75. The molecule has 6 rings (SSSR count). The van der Waals surface area contributed by atoms with Crippen molar-refractivity contribution in [3.05, 3.63) is 46.6 Å². The zero-order valence-electron chi connectivity index (χ0n) is 20.4. The number of ketones is 1. The summed E-state index contributed by atoms with van der Waals surface area (Å²) in [6, 6.07) is 6.46. The van der Waals surface area contributed by atoms with Crippen LogP contribution in [0.4, 0.5) is 0 Å². The van der Waals surface area contributed by atoms with Crippen LogP contribution >= 0.6 is 0 Å². The molecule has 4 heteroatoms. The fraction of sp³-hybridized carbons (Fsp3) is 0.567. The third kappa shape index (κ3) is 3.89. The number of hydrogen-bond acceptors (Lipinski definition) is 4. The summed E-state index contributed by atoms with van der Waals surface area (Å²) < 4.78 is 11.9. The molecule has 1 aromatic carbocycles. The molecule has 1 N–H and O–H groups in total. The molecule has 4 nitrogen and oxygen atoms in total. The number of rotatable bonds is 1. The van der Waals surface area contributed by atoms with Gasteiger partial charge in [-0.15, -0.1) is 12.3 Å². The van der Waals surface area contributed by atoms with Crippen molar-refractivity contribution in [1.82, 2.24) is 0 Å². The van der Waals surface area contributed by atoms with Gasteiger partial charge >= 0.3 is 0 Å². The molecule has 5 aliphatic rings. The van der Waals surface area contributed by atoms with E-state index in [1.54, 1.807) is 12.5 Å². The summed E-state index contributed by atoms with van der Waals surface area (Å²) in [6.07, 6.45) is 13.8. The van der Waals surface area contributed by atoms with Gasteiger partial charge < -0.3 is 14.6 Å². The first kappa shape index (κ1) is 23.2. The fourth-order valence-electron chi connectivity index (χ4n) is 7.33. The van der Waals surface area contributed by atoms with E-state index in [1.807, 2.05) is 6.08 Å². The molecule has 2 saturated carbocycles. The number of carbonyl (C=O) groups is 1. The summed E-state index contributed by atoms with van der Waals surface area (Å²) in [5.74, 6) is 5.54. The monoisotopic (exact) mass is 460 g/mol. The van der Waals surface area contributed by atoms with E-state index in [9.17, 15) is 9.90 Å². The zero-order chi connectivity index (χ0) is 23.9. The number of fused-ring (bicyclic) bond motifs is 5. The molecule has 0 radical (unpaired) electrons. The van der Waals surface area contributed by atoms with Gasteiger partial charge in [0, 0.05) is 18.8 Å². The van der Waals surface area contributed by atoms with Gasteiger partial charge in [0.15, 0.2) is 17.3 Å². The van der Waals surface area contributed by atoms with Crippen molar-refractivity contribution in [2.75, 3.05) is 13.2 Å². The number of aliphatic hydroxyl groups excluding tert-OH is 1. The van der Waals surface area contributed by atoms with E-state index in [0.29, 0.717) is 31.5 Å². The fourth-order valence-corrected chi connectivity index (χ4v) is 7.33. The summed E-state index contributed by atoms with van der Waals surface area (Å²) >= 11 is 0. The van der Waals surface area contributed by atoms with Crippen LogP contribution in [0.5, 0.6) is 11.5 Å². The molecular formula is C30H36O4. The maximum absolute atomic E-state index is 12.1. The maximum Gasteiger partial charge on any atom is 0.161 e. The second-order valence-corrected chi connectivity index (χ2v) is 10.7. The van der Waals surface area contributed by atoms with Gasteiger partial charge in [0.05, 0.1) is 19.3 Å². The minimum atomic E-state index is -0.225. The first-order valence-electron chi connectivity index (χ1n) is 12.9. The molecule has 180 valence electrons. The van der Waals surface area contributed by atoms with Crippen molar-refractivity contribution in [3.8, 4) is 23.8 Å². The topological polar surface area (TPSA) is 55.8 Å². The van der Waals surface area contributed by atoms with Gasteiger partial charge in [-0.3, -0.25) is 4.79 Å². The molecule has 5 unspecified atom stereocenters. The number of allylic oxidation sites excluding steroid dienone is 4. The second-order valence-electron chi connectivity index (χ2n) is 10.7. The van der Waals surface area contributed by atoms with Crippen molar-refractivity contribution in [3.63, 3.8) is 0 Å². The van der Waals surface area contributed by atoms with Gasteiger partial charge in [0.1, 0.15) is 0 Å². The molecule has 1 aromatic rings. The predicted molar refractivity (Wildman–Crippen MR) is 133 cm³/mol. The summed E-state index contributed by atoms with van der Waals surface area (Å²) in [4.78, 5) is 12.1. The highest BCUT2D eigenvalue weighted by Crippen LogP contribution is 2.64. The van der Waals surface area contributed by atoms with E-state index < -0.39 is 0 Å². The van der Waals surface area contributed by atoms with E-state index in [0.717, 1.165) is 56.4 Å². The Balaban J connectivity index is 0.000000764. The van der Waals surface area contributed by atoms with E-state index in [-0.39, 0.29) is 23.2 Å². The number of terminal acetylenes is 1. The third-order valence-corrected chi connectivity index (χ3v) is 8.86. The van der Waals surface area contributed by atoms with Crippen LogP contribution in [0.3, 0.4) is 0 Å². The molecule has 0 aromatic heterocycles. The molecule has 34 heavy (non-hydrogen) atoms. The van der Waals surface area contributed by atoms with Gasteiger partial charge in [-0.1, -0.05) is 18.6 Å². The minimum Gasteiger partial charge on any atom is -0.490 e. The lowest BCUT2D eigenvalue weighted by molar-refractivity contribution is -0.114. The maximum atomic E-state index is 12.1. The van der Waals surface area contributed by atoms with Gasteiger partial charge in [0.25, 0.3) is 0 Å². The van der Waals surface area contributed by atoms with Crippen LogP contribution in [0.15, 0.2) is 41.0 Å². The lowest BCUT2D eigenvalue weighted by Gasteiger charge is -2.52. The molecule has 1 aliphatic heterocycles. The van der Waals surface area contributed by atoms with Crippen LogP contribution in [0.25, 0.3) is 0 Å². The van der Waals surface area contributed by atoms with E-state index in [1.165, 1.54) is 16.7 Å². The summed E-state index contributed by atoms with van der Waals surface area (Å²) in [5, 5.41) is 11.0. The molecule has 4 aliphatic carbocycles. The summed E-state index contributed by atoms with van der Waals surface area (Å²) in [6.45, 7) is 5.36. The Bertz CT molecular complexity index is 1070. The largest absolute Gasteiger partial charge is 0.490 e. The minimum absolute atomic E-state index is 0.0464. The third-order valence-electron chi connectivity index (χ3n) is 8.86. The van der Waals surface area contributed by atoms with Crippen LogP contribution < -0.4 is 9.47 Å². The highest BCUT2D eigenvalue weighted by molar-refractivity contribution is 5.93. The average molecular weight is 461 g/mol. The molecular weight excluding hydrogens is 424 g/mol. The smallest absolute Gasteiger partial charge is 0.161 e. The number of hydrogen-bond donors (Lipinski definition) is 1. The Morgan fingerprint density at radius 3 is 2.65 bits per heavy atom. The quantitative estimate of drug-likeness (QED) is 0.543. The molecule has 2 fully saturated rings. The van der Waals surface area contributed by atoms with Crippen LogP contribution in [0, 0.1) is 29.6 Å². The SMILES string of the molecule is C#CC.CC12CC(c3ccc4c(c3)OCCCO4)C3=C4CCC(=O)C=C4CCC3C1CCC2O. The number of ether oxygens (including phenoxy) is 2. The second kappa shape index (κ2) is 9.27. The Labute approximate surface area is 203 Å². The van der Waals surface area contributed by atoms with Gasteiger partial charge in [0.2, 0.25) is 0 Å². The van der Waals surface area contributed by atoms with Crippen molar-refractivity contribution in [2.24, 2.45) is 17.3 Å². The molecule has 0 spiro atoms. The van der Waals surface area contributed by atoms with Gasteiger partial charge in [-0.25, -0.2) is 0 Å². The lowest BCUT2D eigenvalue weighted by Crippen LogP contribution is -2.45.